The number of ether oxygens (including phenoxy) is 1. The zero-order valence-corrected chi connectivity index (χ0v) is 14.2. The second-order valence-corrected chi connectivity index (χ2v) is 7.24. The van der Waals surface area contributed by atoms with Gasteiger partial charge in [0.1, 0.15) is 5.75 Å². The van der Waals surface area contributed by atoms with Crippen molar-refractivity contribution < 1.29 is 4.74 Å². The van der Waals surface area contributed by atoms with Crippen molar-refractivity contribution in [1.82, 2.24) is 4.90 Å². The van der Waals surface area contributed by atoms with Crippen molar-refractivity contribution in [2.75, 3.05) is 26.7 Å². The Labute approximate surface area is 130 Å². The Kier molecular flexibility index (Phi) is 5.10. The molecule has 1 aliphatic heterocycles. The van der Waals surface area contributed by atoms with E-state index in [9.17, 15) is 0 Å². The van der Waals surface area contributed by atoms with Gasteiger partial charge in [0, 0.05) is 19.1 Å². The molecular formula is C16H25BrN2O. The standard InChI is InChI=1S/C16H25BrN2O/c1-16(2)7-4-8-19(11-16)14(10-18)12-5-6-15(20-3)13(17)9-12/h5-6,9,14H,4,7-8,10-11,18H2,1-3H3. The number of hydrogen-bond acceptors (Lipinski definition) is 3. The number of benzene rings is 1. The second-order valence-electron chi connectivity index (χ2n) is 6.38. The van der Waals surface area contributed by atoms with Gasteiger partial charge in [-0.2, -0.15) is 0 Å². The first-order valence-corrected chi connectivity index (χ1v) is 8.04. The third-order valence-corrected chi connectivity index (χ3v) is 4.77. The number of hydrogen-bond donors (Lipinski definition) is 1. The van der Waals surface area contributed by atoms with E-state index in [2.05, 4.69) is 46.8 Å². The van der Waals surface area contributed by atoms with Crippen LogP contribution in [0.25, 0.3) is 0 Å². The highest BCUT2D eigenvalue weighted by molar-refractivity contribution is 9.10. The summed E-state index contributed by atoms with van der Waals surface area (Å²) in [5.74, 6) is 0.864. The summed E-state index contributed by atoms with van der Waals surface area (Å²) in [5.41, 5.74) is 7.70. The van der Waals surface area contributed by atoms with Crippen molar-refractivity contribution in [3.63, 3.8) is 0 Å². The van der Waals surface area contributed by atoms with Crippen LogP contribution < -0.4 is 10.5 Å². The highest BCUT2D eigenvalue weighted by atomic mass is 79.9. The molecule has 1 aromatic carbocycles. The highest BCUT2D eigenvalue weighted by Crippen LogP contribution is 2.35. The Morgan fingerprint density at radius 1 is 1.45 bits per heavy atom. The van der Waals surface area contributed by atoms with Gasteiger partial charge in [-0.15, -0.1) is 0 Å². The minimum Gasteiger partial charge on any atom is -0.496 e. The molecule has 4 heteroatoms. The molecule has 0 amide bonds. The Balaban J connectivity index is 2.21. The minimum absolute atomic E-state index is 0.289. The molecule has 2 N–H and O–H groups in total. The Morgan fingerprint density at radius 3 is 2.75 bits per heavy atom. The summed E-state index contributed by atoms with van der Waals surface area (Å²) in [6, 6.07) is 6.56. The first-order chi connectivity index (χ1) is 9.46. The van der Waals surface area contributed by atoms with Gasteiger partial charge in [-0.05, 0) is 58.4 Å². The van der Waals surface area contributed by atoms with E-state index in [1.165, 1.54) is 18.4 Å². The minimum atomic E-state index is 0.289. The summed E-state index contributed by atoms with van der Waals surface area (Å²) in [6.45, 7) is 7.58. The molecule has 1 unspecified atom stereocenters. The van der Waals surface area contributed by atoms with E-state index in [1.807, 2.05) is 6.07 Å². The van der Waals surface area contributed by atoms with Crippen molar-refractivity contribution in [3.8, 4) is 5.75 Å². The number of methoxy groups -OCH3 is 1. The maximum absolute atomic E-state index is 6.06. The van der Waals surface area contributed by atoms with Gasteiger partial charge in [-0.3, -0.25) is 4.90 Å². The Hall–Kier alpha value is -0.580. The molecule has 2 rings (SSSR count). The summed E-state index contributed by atoms with van der Waals surface area (Å²) in [4.78, 5) is 2.53. The largest absolute Gasteiger partial charge is 0.496 e. The molecule has 0 aliphatic carbocycles. The Bertz CT molecular complexity index is 462. The van der Waals surface area contributed by atoms with E-state index in [-0.39, 0.29) is 6.04 Å². The van der Waals surface area contributed by atoms with Gasteiger partial charge in [-0.1, -0.05) is 19.9 Å². The van der Waals surface area contributed by atoms with Gasteiger partial charge < -0.3 is 10.5 Å². The van der Waals surface area contributed by atoms with Gasteiger partial charge in [0.2, 0.25) is 0 Å². The van der Waals surface area contributed by atoms with Gasteiger partial charge in [0.15, 0.2) is 0 Å². The lowest BCUT2D eigenvalue weighted by molar-refractivity contribution is 0.0806. The van der Waals surface area contributed by atoms with Gasteiger partial charge in [0.25, 0.3) is 0 Å². The van der Waals surface area contributed by atoms with E-state index in [0.717, 1.165) is 23.3 Å². The number of rotatable bonds is 4. The fraction of sp³-hybridized carbons (Fsp3) is 0.625. The summed E-state index contributed by atoms with van der Waals surface area (Å²) < 4.78 is 6.29. The SMILES string of the molecule is COc1ccc(C(CN)N2CCCC(C)(C)C2)cc1Br. The molecule has 0 saturated carbocycles. The molecule has 3 nitrogen and oxygen atoms in total. The van der Waals surface area contributed by atoms with E-state index in [1.54, 1.807) is 7.11 Å². The van der Waals surface area contributed by atoms with Crippen LogP contribution in [0.4, 0.5) is 0 Å². The van der Waals surface area contributed by atoms with Crippen LogP contribution in [0.15, 0.2) is 22.7 Å². The van der Waals surface area contributed by atoms with Crippen molar-refractivity contribution in [3.05, 3.63) is 28.2 Å². The molecule has 1 aromatic rings. The molecular weight excluding hydrogens is 316 g/mol. The number of nitrogens with two attached hydrogens (primary N) is 1. The summed E-state index contributed by atoms with van der Waals surface area (Å²) in [6.07, 6.45) is 2.55. The molecule has 0 aromatic heterocycles. The van der Waals surface area contributed by atoms with Crippen LogP contribution in [0, 0.1) is 5.41 Å². The number of likely N-dealkylation sites (tertiary alicyclic amines) is 1. The van der Waals surface area contributed by atoms with Crippen LogP contribution in [-0.4, -0.2) is 31.6 Å². The number of nitrogens with zero attached hydrogens (tertiary/aromatic N) is 1. The highest BCUT2D eigenvalue weighted by Gasteiger charge is 2.30. The summed E-state index contributed by atoms with van der Waals surface area (Å²) in [5, 5.41) is 0. The zero-order chi connectivity index (χ0) is 14.8. The van der Waals surface area contributed by atoms with Crippen LogP contribution in [0.2, 0.25) is 0 Å². The van der Waals surface area contributed by atoms with Crippen molar-refractivity contribution in [2.24, 2.45) is 11.1 Å². The van der Waals surface area contributed by atoms with E-state index in [0.29, 0.717) is 12.0 Å². The average molecular weight is 341 g/mol. The number of halogens is 1. The monoisotopic (exact) mass is 340 g/mol. The first kappa shape index (κ1) is 15.8. The molecule has 0 radical (unpaired) electrons. The molecule has 1 saturated heterocycles. The molecule has 1 heterocycles. The predicted octanol–water partition coefficient (Wildman–Crippen LogP) is 3.58. The van der Waals surface area contributed by atoms with Crippen LogP contribution in [0.1, 0.15) is 38.3 Å². The second kappa shape index (κ2) is 6.46. The molecule has 0 spiro atoms. The molecule has 20 heavy (non-hydrogen) atoms. The maximum atomic E-state index is 6.06. The lowest BCUT2D eigenvalue weighted by Gasteiger charge is -2.42. The molecule has 112 valence electrons. The third kappa shape index (κ3) is 3.54. The van der Waals surface area contributed by atoms with Crippen LogP contribution in [-0.2, 0) is 0 Å². The molecule has 1 fully saturated rings. The number of piperidine rings is 1. The Morgan fingerprint density at radius 2 is 2.20 bits per heavy atom. The van der Waals surface area contributed by atoms with Crippen molar-refractivity contribution in [2.45, 2.75) is 32.7 Å². The lowest BCUT2D eigenvalue weighted by Crippen LogP contribution is -2.44. The topological polar surface area (TPSA) is 38.5 Å². The van der Waals surface area contributed by atoms with E-state index < -0.39 is 0 Å². The normalized spacial score (nSPS) is 20.6. The van der Waals surface area contributed by atoms with Crippen molar-refractivity contribution in [1.29, 1.82) is 0 Å². The first-order valence-electron chi connectivity index (χ1n) is 7.24. The van der Waals surface area contributed by atoms with Gasteiger partial charge in [0.05, 0.1) is 11.6 Å². The fourth-order valence-corrected chi connectivity index (χ4v) is 3.68. The zero-order valence-electron chi connectivity index (χ0n) is 12.7. The summed E-state index contributed by atoms with van der Waals surface area (Å²) in [7, 11) is 1.69. The average Bonchev–Trinajstić information content (AvgIpc) is 2.39. The van der Waals surface area contributed by atoms with E-state index >= 15 is 0 Å². The van der Waals surface area contributed by atoms with E-state index in [4.69, 9.17) is 10.5 Å². The van der Waals surface area contributed by atoms with Gasteiger partial charge >= 0.3 is 0 Å². The fourth-order valence-electron chi connectivity index (χ4n) is 3.12. The maximum Gasteiger partial charge on any atom is 0.133 e. The summed E-state index contributed by atoms with van der Waals surface area (Å²) >= 11 is 3.57. The quantitative estimate of drug-likeness (QED) is 0.910. The van der Waals surface area contributed by atoms with Crippen LogP contribution >= 0.6 is 15.9 Å². The smallest absolute Gasteiger partial charge is 0.133 e. The molecule has 1 aliphatic rings. The molecule has 1 atom stereocenters. The molecule has 0 bridgehead atoms. The lowest BCUT2D eigenvalue weighted by atomic mass is 9.83. The van der Waals surface area contributed by atoms with Gasteiger partial charge in [-0.25, -0.2) is 0 Å². The predicted molar refractivity (Wildman–Crippen MR) is 87.1 cm³/mol. The van der Waals surface area contributed by atoms with Crippen molar-refractivity contribution >= 4 is 15.9 Å². The third-order valence-electron chi connectivity index (χ3n) is 4.15. The van der Waals surface area contributed by atoms with Crippen LogP contribution in [0.3, 0.4) is 0 Å². The van der Waals surface area contributed by atoms with Crippen LogP contribution in [0.5, 0.6) is 5.75 Å².